The maximum absolute atomic E-state index is 12.8. The van der Waals surface area contributed by atoms with Gasteiger partial charge in [0.2, 0.25) is 5.75 Å². The third kappa shape index (κ3) is 9.15. The van der Waals surface area contributed by atoms with Gasteiger partial charge in [-0.25, -0.2) is 4.79 Å². The molecule has 184 valence electrons. The van der Waals surface area contributed by atoms with Crippen LogP contribution in [0.1, 0.15) is 91.9 Å². The van der Waals surface area contributed by atoms with Crippen molar-refractivity contribution in [3.63, 3.8) is 0 Å². The lowest BCUT2D eigenvalue weighted by atomic mass is 10.1. The van der Waals surface area contributed by atoms with E-state index in [0.29, 0.717) is 35.7 Å². The van der Waals surface area contributed by atoms with Crippen LogP contribution in [0.2, 0.25) is 0 Å². The predicted octanol–water partition coefficient (Wildman–Crippen LogP) is 7.83. The molecule has 5 nitrogen and oxygen atoms in total. The average Bonchev–Trinajstić information content (AvgIpc) is 2.79. The lowest BCUT2D eigenvalue weighted by molar-refractivity contribution is 0.210. The van der Waals surface area contributed by atoms with Crippen molar-refractivity contribution in [3.05, 3.63) is 40.8 Å². The number of rotatable bonds is 17. The van der Waals surface area contributed by atoms with Crippen LogP contribution < -0.4 is 19.8 Å². The van der Waals surface area contributed by atoms with E-state index in [2.05, 4.69) is 26.0 Å². The van der Waals surface area contributed by atoms with Crippen molar-refractivity contribution in [2.75, 3.05) is 13.2 Å². The summed E-state index contributed by atoms with van der Waals surface area (Å²) in [6.45, 7) is 9.16. The van der Waals surface area contributed by atoms with Gasteiger partial charge in [0.05, 0.1) is 24.7 Å². The van der Waals surface area contributed by atoms with Crippen LogP contribution in [0.3, 0.4) is 0 Å². The summed E-state index contributed by atoms with van der Waals surface area (Å²) in [7, 11) is 0. The van der Waals surface area contributed by atoms with Gasteiger partial charge in [0.25, 0.3) is 0 Å². The molecule has 0 N–H and O–H groups in total. The van der Waals surface area contributed by atoms with Gasteiger partial charge in [-0.1, -0.05) is 77.0 Å². The van der Waals surface area contributed by atoms with Crippen LogP contribution in [0.4, 0.5) is 0 Å². The molecule has 0 aliphatic heterocycles. The molecule has 0 atom stereocenters. The van der Waals surface area contributed by atoms with E-state index in [4.69, 9.17) is 18.6 Å². The first kappa shape index (κ1) is 26.8. The Morgan fingerprint density at radius 1 is 0.879 bits per heavy atom. The van der Waals surface area contributed by atoms with Crippen LogP contribution in [0.5, 0.6) is 17.2 Å². The third-order valence-electron chi connectivity index (χ3n) is 5.35. The van der Waals surface area contributed by atoms with Crippen molar-refractivity contribution in [1.82, 2.24) is 0 Å². The molecule has 2 aromatic rings. The van der Waals surface area contributed by atoms with Gasteiger partial charge in [-0.15, -0.1) is 0 Å². The van der Waals surface area contributed by atoms with Gasteiger partial charge in [-0.05, 0) is 45.2 Å². The van der Waals surface area contributed by atoms with Crippen LogP contribution in [0.15, 0.2) is 39.6 Å². The number of allylic oxidation sites excluding steroid dienone is 1. The fraction of sp³-hybridized carbons (Fsp3) is 0.607. The first-order valence-corrected chi connectivity index (χ1v) is 12.8. The van der Waals surface area contributed by atoms with Crippen molar-refractivity contribution < 1.29 is 18.6 Å². The SMILES string of the molecule is CCC=CCCOc1cccc2c(OCCCCCCCCCC)c(OC(C)C)c(=O)oc12. The highest BCUT2D eigenvalue weighted by molar-refractivity contribution is 5.89. The minimum atomic E-state index is -0.538. The smallest absolute Gasteiger partial charge is 0.383 e. The summed E-state index contributed by atoms with van der Waals surface area (Å²) in [6, 6.07) is 5.60. The largest absolute Gasteiger partial charge is 0.489 e. The molecule has 5 heteroatoms. The molecular weight excluding hydrogens is 416 g/mol. The molecule has 2 rings (SSSR count). The second-order valence-electron chi connectivity index (χ2n) is 8.69. The highest BCUT2D eigenvalue weighted by Crippen LogP contribution is 2.37. The van der Waals surface area contributed by atoms with Crippen molar-refractivity contribution in [1.29, 1.82) is 0 Å². The molecule has 0 saturated carbocycles. The van der Waals surface area contributed by atoms with E-state index in [1.165, 1.54) is 38.5 Å². The van der Waals surface area contributed by atoms with Crippen LogP contribution in [-0.2, 0) is 0 Å². The Morgan fingerprint density at radius 2 is 1.61 bits per heavy atom. The molecule has 1 heterocycles. The highest BCUT2D eigenvalue weighted by atomic mass is 16.5. The number of fused-ring (bicyclic) bond motifs is 1. The minimum Gasteiger partial charge on any atom is -0.489 e. The summed E-state index contributed by atoms with van der Waals surface area (Å²) in [4.78, 5) is 12.8. The maximum Gasteiger partial charge on any atom is 0.383 e. The fourth-order valence-corrected chi connectivity index (χ4v) is 3.68. The molecule has 0 unspecified atom stereocenters. The van der Waals surface area contributed by atoms with E-state index in [-0.39, 0.29) is 11.9 Å². The molecule has 0 aliphatic carbocycles. The first-order valence-electron chi connectivity index (χ1n) is 12.8. The van der Waals surface area contributed by atoms with E-state index in [1.807, 2.05) is 32.0 Å². The van der Waals surface area contributed by atoms with Crippen LogP contribution in [-0.4, -0.2) is 19.3 Å². The molecule has 33 heavy (non-hydrogen) atoms. The molecule has 1 aromatic heterocycles. The van der Waals surface area contributed by atoms with Gasteiger partial charge in [-0.2, -0.15) is 0 Å². The maximum atomic E-state index is 12.8. The van der Waals surface area contributed by atoms with Gasteiger partial charge in [0, 0.05) is 0 Å². The summed E-state index contributed by atoms with van der Waals surface area (Å²) in [5.41, 5.74) is -0.131. The minimum absolute atomic E-state index is 0.139. The molecule has 0 amide bonds. The summed E-state index contributed by atoms with van der Waals surface area (Å²) in [6.07, 6.45) is 15.6. The number of unbranched alkanes of at least 4 members (excludes halogenated alkanes) is 7. The van der Waals surface area contributed by atoms with E-state index >= 15 is 0 Å². The normalized spacial score (nSPS) is 11.5. The quantitative estimate of drug-likeness (QED) is 0.137. The highest BCUT2D eigenvalue weighted by Gasteiger charge is 2.21. The number of hydrogen-bond acceptors (Lipinski definition) is 5. The number of hydrogen-bond donors (Lipinski definition) is 0. The van der Waals surface area contributed by atoms with Crippen LogP contribution in [0, 0.1) is 0 Å². The summed E-state index contributed by atoms with van der Waals surface area (Å²) >= 11 is 0. The van der Waals surface area contributed by atoms with Gasteiger partial charge in [-0.3, -0.25) is 0 Å². The molecule has 0 aliphatic rings. The number of ether oxygens (including phenoxy) is 3. The summed E-state index contributed by atoms with van der Waals surface area (Å²) in [5.74, 6) is 1.14. The van der Waals surface area contributed by atoms with E-state index in [0.717, 1.165) is 25.7 Å². The van der Waals surface area contributed by atoms with Crippen molar-refractivity contribution in [2.24, 2.45) is 0 Å². The Morgan fingerprint density at radius 3 is 2.30 bits per heavy atom. The van der Waals surface area contributed by atoms with Crippen LogP contribution in [0.25, 0.3) is 11.0 Å². The standard InChI is InChI=1S/C28H42O5/c1-5-7-9-11-12-13-14-16-21-31-26-23-18-17-19-24(30-20-15-10-8-6-2)25(23)33-28(29)27(26)32-22(3)4/h8,10,17-19,22H,5-7,9,11-16,20-21H2,1-4H3. The molecular formula is C28H42O5. The monoisotopic (exact) mass is 458 g/mol. The molecule has 0 radical (unpaired) electrons. The molecule has 0 fully saturated rings. The Labute approximate surface area is 199 Å². The summed E-state index contributed by atoms with van der Waals surface area (Å²) in [5, 5.41) is 0.700. The lowest BCUT2D eigenvalue weighted by Gasteiger charge is -2.16. The lowest BCUT2D eigenvalue weighted by Crippen LogP contribution is -2.15. The first-order chi connectivity index (χ1) is 16.1. The summed E-state index contributed by atoms with van der Waals surface area (Å²) < 4.78 is 23.5. The molecule has 0 spiro atoms. The van der Waals surface area contributed by atoms with Gasteiger partial charge < -0.3 is 18.6 Å². The van der Waals surface area contributed by atoms with Crippen molar-refractivity contribution in [3.8, 4) is 17.2 Å². The number of benzene rings is 1. The van der Waals surface area contributed by atoms with Gasteiger partial charge in [0.1, 0.15) is 0 Å². The molecule has 1 aromatic carbocycles. The van der Waals surface area contributed by atoms with Crippen LogP contribution >= 0.6 is 0 Å². The Kier molecular flexibility index (Phi) is 12.5. The van der Waals surface area contributed by atoms with E-state index < -0.39 is 5.63 Å². The second kappa shape index (κ2) is 15.4. The van der Waals surface area contributed by atoms with Crippen molar-refractivity contribution >= 4 is 11.0 Å². The Bertz CT molecular complexity index is 897. The Balaban J connectivity index is 2.11. The van der Waals surface area contributed by atoms with E-state index in [1.54, 1.807) is 0 Å². The molecule has 0 saturated heterocycles. The molecule has 0 bridgehead atoms. The Hall–Kier alpha value is -2.43. The predicted molar refractivity (Wildman–Crippen MR) is 136 cm³/mol. The topological polar surface area (TPSA) is 57.9 Å². The number of para-hydroxylation sites is 1. The van der Waals surface area contributed by atoms with Gasteiger partial charge >= 0.3 is 5.63 Å². The van der Waals surface area contributed by atoms with Crippen molar-refractivity contribution in [2.45, 2.75) is 98.0 Å². The zero-order valence-electron chi connectivity index (χ0n) is 21.0. The average molecular weight is 459 g/mol. The zero-order valence-corrected chi connectivity index (χ0v) is 21.0. The van der Waals surface area contributed by atoms with E-state index in [9.17, 15) is 4.79 Å². The second-order valence-corrected chi connectivity index (χ2v) is 8.69. The third-order valence-corrected chi connectivity index (χ3v) is 5.35. The zero-order chi connectivity index (χ0) is 23.9. The van der Waals surface area contributed by atoms with Gasteiger partial charge in [0.15, 0.2) is 17.1 Å². The fourth-order valence-electron chi connectivity index (χ4n) is 3.68.